The van der Waals surface area contributed by atoms with Crippen molar-refractivity contribution in [3.05, 3.63) is 54.6 Å². The molecule has 2 fully saturated rings. The van der Waals surface area contributed by atoms with Crippen LogP contribution in [0.25, 0.3) is 0 Å². The first-order valence-electron chi connectivity index (χ1n) is 15.0. The normalized spacial score (nSPS) is 32.1. The fourth-order valence-electron chi connectivity index (χ4n) is 7.40. The highest BCUT2D eigenvalue weighted by Gasteiger charge is 2.75. The summed E-state index contributed by atoms with van der Waals surface area (Å²) in [6.45, 7) is 7.48. The number of para-hydroxylation sites is 1. The highest BCUT2D eigenvalue weighted by molar-refractivity contribution is 6.04. The van der Waals surface area contributed by atoms with Crippen molar-refractivity contribution in [2.45, 2.75) is 82.6 Å². The lowest BCUT2D eigenvalue weighted by Crippen LogP contribution is -2.57. The number of rotatable bonds is 10. The van der Waals surface area contributed by atoms with E-state index in [0.717, 1.165) is 24.9 Å². The van der Waals surface area contributed by atoms with E-state index in [0.29, 0.717) is 38.9 Å². The van der Waals surface area contributed by atoms with Gasteiger partial charge in [0.15, 0.2) is 0 Å². The molecule has 40 heavy (non-hydrogen) atoms. The van der Waals surface area contributed by atoms with Gasteiger partial charge in [-0.25, -0.2) is 0 Å². The largest absolute Gasteiger partial charge is 0.396 e. The number of likely N-dealkylation sites (tertiary alicyclic amines) is 1. The zero-order valence-corrected chi connectivity index (χ0v) is 24.0. The molecule has 2 unspecified atom stereocenters. The molecule has 6 atom stereocenters. The molecule has 5 rings (SSSR count). The maximum atomic E-state index is 14.5. The quantitative estimate of drug-likeness (QED) is 0.355. The van der Waals surface area contributed by atoms with Crippen LogP contribution in [0.3, 0.4) is 0 Å². The van der Waals surface area contributed by atoms with E-state index in [-0.39, 0.29) is 30.4 Å². The van der Waals surface area contributed by atoms with Gasteiger partial charge in [-0.05, 0) is 51.2 Å². The molecule has 3 amide bonds. The molecular formula is C32H43N3O5. The van der Waals surface area contributed by atoms with E-state index in [4.69, 9.17) is 4.74 Å². The minimum Gasteiger partial charge on any atom is -0.396 e. The molecule has 4 heterocycles. The van der Waals surface area contributed by atoms with Gasteiger partial charge in [-0.3, -0.25) is 14.4 Å². The standard InChI is InChI=1S/C32H43N3O5/c1-4-14-23(3)33-20-13-18-32-26(29(38)35(27(32)30(33)39)19-10-7-11-22-36)25-28(37)34(24-15-8-6-9-16-24)21-12-17-31(25,5-2)40-32/h6,8-9,12-13,15-18,23,25-27,36H,4-5,7,10-11,14,19-22H2,1-3H3/t23?,25-,26+,27?,31+,32+/m1/s1. The van der Waals surface area contributed by atoms with Gasteiger partial charge in [0.2, 0.25) is 17.7 Å². The predicted molar refractivity (Wildman–Crippen MR) is 153 cm³/mol. The van der Waals surface area contributed by atoms with Crippen molar-refractivity contribution in [1.82, 2.24) is 9.80 Å². The number of aliphatic hydroxyl groups excluding tert-OH is 1. The minimum absolute atomic E-state index is 0.0183. The Morgan fingerprint density at radius 3 is 2.40 bits per heavy atom. The van der Waals surface area contributed by atoms with Crippen LogP contribution in [0.2, 0.25) is 0 Å². The van der Waals surface area contributed by atoms with Gasteiger partial charge in [0.1, 0.15) is 11.6 Å². The van der Waals surface area contributed by atoms with Crippen molar-refractivity contribution in [3.63, 3.8) is 0 Å². The zero-order valence-electron chi connectivity index (χ0n) is 24.0. The van der Waals surface area contributed by atoms with Crippen LogP contribution in [0.4, 0.5) is 5.69 Å². The van der Waals surface area contributed by atoms with E-state index in [1.54, 1.807) is 9.80 Å². The number of anilines is 1. The Bertz CT molecular complexity index is 1170. The Labute approximate surface area is 237 Å². The van der Waals surface area contributed by atoms with Crippen molar-refractivity contribution in [3.8, 4) is 0 Å². The van der Waals surface area contributed by atoms with Gasteiger partial charge in [-0.2, -0.15) is 0 Å². The molecule has 0 aromatic heterocycles. The fraction of sp³-hybridized carbons (Fsp3) is 0.594. The summed E-state index contributed by atoms with van der Waals surface area (Å²) >= 11 is 0. The maximum Gasteiger partial charge on any atom is 0.249 e. The molecular weight excluding hydrogens is 506 g/mol. The molecule has 1 spiro atoms. The molecule has 1 N–H and O–H groups in total. The predicted octanol–water partition coefficient (Wildman–Crippen LogP) is 3.70. The molecule has 4 aliphatic heterocycles. The number of hydrogen-bond acceptors (Lipinski definition) is 5. The Morgan fingerprint density at radius 1 is 0.950 bits per heavy atom. The van der Waals surface area contributed by atoms with Gasteiger partial charge in [0.05, 0.1) is 17.4 Å². The summed E-state index contributed by atoms with van der Waals surface area (Å²) in [5, 5.41) is 9.29. The van der Waals surface area contributed by atoms with Crippen LogP contribution in [-0.4, -0.2) is 82.2 Å². The molecule has 1 aromatic carbocycles. The molecule has 1 aromatic rings. The summed E-state index contributed by atoms with van der Waals surface area (Å²) in [7, 11) is 0. The van der Waals surface area contributed by atoms with E-state index in [2.05, 4.69) is 13.8 Å². The third kappa shape index (κ3) is 4.49. The van der Waals surface area contributed by atoms with E-state index < -0.39 is 29.1 Å². The molecule has 0 radical (unpaired) electrons. The van der Waals surface area contributed by atoms with E-state index >= 15 is 0 Å². The highest BCUT2D eigenvalue weighted by Crippen LogP contribution is 2.58. The van der Waals surface area contributed by atoms with Crippen molar-refractivity contribution in [2.75, 3.05) is 31.1 Å². The number of benzene rings is 1. The van der Waals surface area contributed by atoms with E-state index in [1.807, 2.05) is 66.5 Å². The maximum absolute atomic E-state index is 14.5. The number of carbonyl (C=O) groups excluding carboxylic acids is 3. The summed E-state index contributed by atoms with van der Waals surface area (Å²) in [5.41, 5.74) is -1.44. The number of carbonyl (C=O) groups is 3. The van der Waals surface area contributed by atoms with Gasteiger partial charge in [0, 0.05) is 38.0 Å². The molecule has 4 aliphatic rings. The topological polar surface area (TPSA) is 90.4 Å². The third-order valence-electron chi connectivity index (χ3n) is 9.33. The van der Waals surface area contributed by atoms with Crippen LogP contribution < -0.4 is 4.90 Å². The Balaban J connectivity index is 1.60. The molecule has 0 bridgehead atoms. The Kier molecular flexibility index (Phi) is 8.20. The zero-order chi connectivity index (χ0) is 28.5. The van der Waals surface area contributed by atoms with Gasteiger partial charge in [-0.1, -0.05) is 62.8 Å². The van der Waals surface area contributed by atoms with Crippen molar-refractivity contribution in [2.24, 2.45) is 11.8 Å². The lowest BCUT2D eigenvalue weighted by atomic mass is 9.73. The van der Waals surface area contributed by atoms with Gasteiger partial charge in [-0.15, -0.1) is 0 Å². The number of aliphatic hydroxyl groups is 1. The van der Waals surface area contributed by atoms with Crippen LogP contribution in [0, 0.1) is 11.8 Å². The van der Waals surface area contributed by atoms with Crippen LogP contribution in [0.15, 0.2) is 54.6 Å². The van der Waals surface area contributed by atoms with Crippen molar-refractivity contribution >= 4 is 23.4 Å². The van der Waals surface area contributed by atoms with E-state index in [9.17, 15) is 19.5 Å². The molecule has 0 saturated carbocycles. The first-order valence-corrected chi connectivity index (χ1v) is 15.0. The van der Waals surface area contributed by atoms with Crippen molar-refractivity contribution < 1.29 is 24.2 Å². The summed E-state index contributed by atoms with van der Waals surface area (Å²) in [4.78, 5) is 48.7. The third-order valence-corrected chi connectivity index (χ3v) is 9.33. The molecule has 2 saturated heterocycles. The summed E-state index contributed by atoms with van der Waals surface area (Å²) in [5.74, 6) is -2.00. The first-order chi connectivity index (χ1) is 19.3. The highest BCUT2D eigenvalue weighted by atomic mass is 16.5. The van der Waals surface area contributed by atoms with Crippen LogP contribution in [0.1, 0.15) is 59.3 Å². The number of fused-ring (bicyclic) bond motifs is 2. The summed E-state index contributed by atoms with van der Waals surface area (Å²) in [6.07, 6.45) is 12.2. The lowest BCUT2D eigenvalue weighted by molar-refractivity contribution is -0.153. The molecule has 8 heteroatoms. The van der Waals surface area contributed by atoms with Crippen LogP contribution >= 0.6 is 0 Å². The average Bonchev–Trinajstić information content (AvgIpc) is 3.24. The van der Waals surface area contributed by atoms with Gasteiger partial charge < -0.3 is 24.5 Å². The Hall–Kier alpha value is -2.97. The second kappa shape index (κ2) is 11.5. The number of hydrogen-bond donors (Lipinski definition) is 1. The number of amides is 3. The summed E-state index contributed by atoms with van der Waals surface area (Å²) in [6, 6.07) is 8.72. The first kappa shape index (κ1) is 28.6. The Morgan fingerprint density at radius 2 is 1.70 bits per heavy atom. The second-order valence-corrected chi connectivity index (χ2v) is 11.7. The van der Waals surface area contributed by atoms with Gasteiger partial charge in [0.25, 0.3) is 0 Å². The van der Waals surface area contributed by atoms with Crippen molar-refractivity contribution in [1.29, 1.82) is 0 Å². The lowest BCUT2D eigenvalue weighted by Gasteiger charge is -2.39. The number of ether oxygens (including phenoxy) is 1. The van der Waals surface area contributed by atoms with Crippen LogP contribution in [0.5, 0.6) is 0 Å². The SMILES string of the molecule is CCCC(C)N1CC=C[C@]23O[C@@]4(CC)C=CCN(c5ccccc5)C(=O)[C@H]4[C@H]2C(=O)N(CCCCCO)C3C1=O. The monoisotopic (exact) mass is 549 g/mol. The minimum atomic E-state index is -1.23. The smallest absolute Gasteiger partial charge is 0.249 e. The molecule has 8 nitrogen and oxygen atoms in total. The number of nitrogens with zero attached hydrogens (tertiary/aromatic N) is 3. The number of unbranched alkanes of at least 4 members (excludes halogenated alkanes) is 2. The fourth-order valence-corrected chi connectivity index (χ4v) is 7.40. The van der Waals surface area contributed by atoms with Gasteiger partial charge >= 0.3 is 0 Å². The summed E-state index contributed by atoms with van der Waals surface area (Å²) < 4.78 is 7.05. The second-order valence-electron chi connectivity index (χ2n) is 11.7. The van der Waals surface area contributed by atoms with Crippen LogP contribution in [-0.2, 0) is 19.1 Å². The average molecular weight is 550 g/mol. The molecule has 216 valence electrons. The van der Waals surface area contributed by atoms with E-state index in [1.165, 1.54) is 0 Å². The molecule has 0 aliphatic carbocycles.